The summed E-state index contributed by atoms with van der Waals surface area (Å²) in [5, 5.41) is 3.06. The molecule has 21 heavy (non-hydrogen) atoms. The lowest BCUT2D eigenvalue weighted by Crippen LogP contribution is -2.13. The van der Waals surface area contributed by atoms with Crippen molar-refractivity contribution in [3.63, 3.8) is 0 Å². The highest BCUT2D eigenvalue weighted by molar-refractivity contribution is 6.35. The number of hydrogen-bond donors (Lipinski definition) is 1. The van der Waals surface area contributed by atoms with Gasteiger partial charge in [-0.25, -0.2) is 4.98 Å². The highest BCUT2D eigenvalue weighted by atomic mass is 35.5. The second-order valence-corrected chi connectivity index (χ2v) is 5.04. The van der Waals surface area contributed by atoms with Crippen LogP contribution in [0.5, 0.6) is 5.75 Å². The number of benzene rings is 1. The molecule has 2 aromatic rings. The van der Waals surface area contributed by atoms with Crippen LogP contribution in [0.15, 0.2) is 36.4 Å². The average Bonchev–Trinajstić information content (AvgIpc) is 2.46. The van der Waals surface area contributed by atoms with Gasteiger partial charge in [-0.3, -0.25) is 4.79 Å². The molecule has 0 saturated heterocycles. The van der Waals surface area contributed by atoms with Crippen molar-refractivity contribution >= 4 is 34.8 Å². The third kappa shape index (κ3) is 4.34. The maximum Gasteiger partial charge on any atom is 0.258 e. The summed E-state index contributed by atoms with van der Waals surface area (Å²) < 4.78 is 5.47. The molecule has 2 rings (SSSR count). The van der Waals surface area contributed by atoms with E-state index in [1.807, 2.05) is 6.92 Å². The standard InChI is InChI=1S/C15H14Cl2N2O2/c1-2-9-21-11-5-3-10(4-6-11)18-15(20)12-7-8-13(16)19-14(12)17/h3-8H,2,9H2,1H3,(H,18,20). The number of anilines is 1. The van der Waals surface area contributed by atoms with Crippen molar-refractivity contribution in [3.05, 3.63) is 52.3 Å². The van der Waals surface area contributed by atoms with Gasteiger partial charge in [-0.1, -0.05) is 30.1 Å². The number of aromatic nitrogens is 1. The molecule has 0 unspecified atom stereocenters. The second-order valence-electron chi connectivity index (χ2n) is 4.30. The Hall–Kier alpha value is -1.78. The topological polar surface area (TPSA) is 51.2 Å². The van der Waals surface area contributed by atoms with E-state index in [0.717, 1.165) is 12.2 Å². The lowest BCUT2D eigenvalue weighted by Gasteiger charge is -2.08. The normalized spacial score (nSPS) is 10.2. The van der Waals surface area contributed by atoms with Crippen LogP contribution in [0.1, 0.15) is 23.7 Å². The van der Waals surface area contributed by atoms with E-state index in [1.54, 1.807) is 24.3 Å². The Bertz CT molecular complexity index is 630. The molecule has 1 heterocycles. The largest absolute Gasteiger partial charge is 0.494 e. The van der Waals surface area contributed by atoms with Crippen molar-refractivity contribution in [2.24, 2.45) is 0 Å². The summed E-state index contributed by atoms with van der Waals surface area (Å²) in [6, 6.07) is 10.2. The molecule has 110 valence electrons. The number of halogens is 2. The van der Waals surface area contributed by atoms with Gasteiger partial charge in [0, 0.05) is 5.69 Å². The Kier molecular flexibility index (Phi) is 5.42. The minimum Gasteiger partial charge on any atom is -0.494 e. The van der Waals surface area contributed by atoms with Crippen LogP contribution in [0.3, 0.4) is 0 Å². The van der Waals surface area contributed by atoms with Crippen LogP contribution in [0.4, 0.5) is 5.69 Å². The fourth-order valence-electron chi connectivity index (χ4n) is 1.63. The fourth-order valence-corrected chi connectivity index (χ4v) is 2.06. The van der Waals surface area contributed by atoms with Crippen molar-refractivity contribution in [2.75, 3.05) is 11.9 Å². The third-order valence-corrected chi connectivity index (χ3v) is 3.14. The molecule has 1 aromatic carbocycles. The van der Waals surface area contributed by atoms with Crippen molar-refractivity contribution in [3.8, 4) is 5.75 Å². The molecule has 1 amide bonds. The van der Waals surface area contributed by atoms with Crippen LogP contribution in [0.25, 0.3) is 0 Å². The van der Waals surface area contributed by atoms with Gasteiger partial charge >= 0.3 is 0 Å². The number of amides is 1. The van der Waals surface area contributed by atoms with Gasteiger partial charge in [0.15, 0.2) is 0 Å². The zero-order valence-electron chi connectivity index (χ0n) is 11.4. The first-order chi connectivity index (χ1) is 10.1. The monoisotopic (exact) mass is 324 g/mol. The summed E-state index contributed by atoms with van der Waals surface area (Å²) in [6.45, 7) is 2.70. The highest BCUT2D eigenvalue weighted by Crippen LogP contribution is 2.20. The molecule has 0 spiro atoms. The Labute approximate surface area is 133 Å². The number of nitrogens with one attached hydrogen (secondary N) is 1. The predicted octanol–water partition coefficient (Wildman–Crippen LogP) is 4.43. The molecule has 4 nitrogen and oxygen atoms in total. The van der Waals surface area contributed by atoms with Gasteiger partial charge in [0.2, 0.25) is 0 Å². The predicted molar refractivity (Wildman–Crippen MR) is 84.4 cm³/mol. The minimum atomic E-state index is -0.341. The van der Waals surface area contributed by atoms with Gasteiger partial charge in [-0.2, -0.15) is 0 Å². The molecule has 0 fully saturated rings. The fraction of sp³-hybridized carbons (Fsp3) is 0.200. The molecule has 0 saturated carbocycles. The van der Waals surface area contributed by atoms with Crippen LogP contribution < -0.4 is 10.1 Å². The van der Waals surface area contributed by atoms with Crippen LogP contribution >= 0.6 is 23.2 Å². The first-order valence-electron chi connectivity index (χ1n) is 6.46. The van der Waals surface area contributed by atoms with E-state index in [1.165, 1.54) is 12.1 Å². The quantitative estimate of drug-likeness (QED) is 0.828. The summed E-state index contributed by atoms with van der Waals surface area (Å²) in [5.74, 6) is 0.424. The molecular weight excluding hydrogens is 311 g/mol. The molecule has 0 atom stereocenters. The van der Waals surface area contributed by atoms with Crippen LogP contribution in [0.2, 0.25) is 10.3 Å². The maximum atomic E-state index is 12.1. The summed E-state index contributed by atoms with van der Waals surface area (Å²) >= 11 is 11.6. The van der Waals surface area contributed by atoms with Crippen LogP contribution in [-0.2, 0) is 0 Å². The molecule has 0 bridgehead atoms. The number of rotatable bonds is 5. The van der Waals surface area contributed by atoms with E-state index in [0.29, 0.717) is 12.3 Å². The number of ether oxygens (including phenoxy) is 1. The maximum absolute atomic E-state index is 12.1. The summed E-state index contributed by atoms with van der Waals surface area (Å²) in [5.41, 5.74) is 0.919. The van der Waals surface area contributed by atoms with Crippen LogP contribution in [0, 0.1) is 0 Å². The van der Waals surface area contributed by atoms with E-state index >= 15 is 0 Å². The average molecular weight is 325 g/mol. The molecule has 6 heteroatoms. The van der Waals surface area contributed by atoms with Gasteiger partial charge in [0.05, 0.1) is 12.2 Å². The molecule has 0 aliphatic carbocycles. The smallest absolute Gasteiger partial charge is 0.258 e. The van der Waals surface area contributed by atoms with Crippen molar-refractivity contribution < 1.29 is 9.53 Å². The van der Waals surface area contributed by atoms with Gasteiger partial charge < -0.3 is 10.1 Å². The van der Waals surface area contributed by atoms with Gasteiger partial charge in [0.25, 0.3) is 5.91 Å². The van der Waals surface area contributed by atoms with Gasteiger partial charge in [-0.15, -0.1) is 0 Å². The Balaban J connectivity index is 2.05. The van der Waals surface area contributed by atoms with E-state index in [-0.39, 0.29) is 21.8 Å². The van der Waals surface area contributed by atoms with E-state index < -0.39 is 0 Å². The summed E-state index contributed by atoms with van der Waals surface area (Å²) in [4.78, 5) is 15.9. The number of carbonyl (C=O) groups excluding carboxylic acids is 1. The van der Waals surface area contributed by atoms with Gasteiger partial charge in [-0.05, 0) is 42.8 Å². The molecule has 0 aliphatic heterocycles. The van der Waals surface area contributed by atoms with E-state index in [2.05, 4.69) is 10.3 Å². The molecule has 1 N–H and O–H groups in total. The zero-order valence-corrected chi connectivity index (χ0v) is 12.9. The molecule has 0 aliphatic rings. The highest BCUT2D eigenvalue weighted by Gasteiger charge is 2.12. The SMILES string of the molecule is CCCOc1ccc(NC(=O)c2ccc(Cl)nc2Cl)cc1. The first-order valence-corrected chi connectivity index (χ1v) is 7.22. The molecule has 1 aromatic heterocycles. The lowest BCUT2D eigenvalue weighted by atomic mass is 10.2. The lowest BCUT2D eigenvalue weighted by molar-refractivity contribution is 0.102. The van der Waals surface area contributed by atoms with Crippen molar-refractivity contribution in [1.29, 1.82) is 0 Å². The number of carbonyl (C=O) groups is 1. The van der Waals surface area contributed by atoms with Crippen LogP contribution in [-0.4, -0.2) is 17.5 Å². The Morgan fingerprint density at radius 2 is 1.90 bits per heavy atom. The first kappa shape index (κ1) is 15.6. The number of hydrogen-bond acceptors (Lipinski definition) is 3. The zero-order chi connectivity index (χ0) is 15.2. The number of nitrogens with zero attached hydrogens (tertiary/aromatic N) is 1. The second kappa shape index (κ2) is 7.29. The molecular formula is C15H14Cl2N2O2. The minimum absolute atomic E-state index is 0.0721. The Morgan fingerprint density at radius 3 is 2.52 bits per heavy atom. The third-order valence-electron chi connectivity index (χ3n) is 2.64. The van der Waals surface area contributed by atoms with E-state index in [4.69, 9.17) is 27.9 Å². The summed E-state index contributed by atoms with van der Waals surface area (Å²) in [7, 11) is 0. The van der Waals surface area contributed by atoms with Crippen molar-refractivity contribution in [2.45, 2.75) is 13.3 Å². The Morgan fingerprint density at radius 1 is 1.19 bits per heavy atom. The molecule has 0 radical (unpaired) electrons. The summed E-state index contributed by atoms with van der Waals surface area (Å²) in [6.07, 6.45) is 0.945. The number of pyridine rings is 1. The van der Waals surface area contributed by atoms with Crippen molar-refractivity contribution in [1.82, 2.24) is 4.98 Å². The van der Waals surface area contributed by atoms with Gasteiger partial charge in [0.1, 0.15) is 16.1 Å². The van der Waals surface area contributed by atoms with E-state index in [9.17, 15) is 4.79 Å².